The van der Waals surface area contributed by atoms with Crippen LogP contribution in [0.15, 0.2) is 17.7 Å². The minimum Gasteiger partial charge on any atom is -0.377 e. The summed E-state index contributed by atoms with van der Waals surface area (Å²) in [5.41, 5.74) is 0.753. The normalized spacial score (nSPS) is 22.4. The van der Waals surface area contributed by atoms with Gasteiger partial charge in [0.05, 0.1) is 11.8 Å². The number of ether oxygens (including phenoxy) is 1. The molecule has 1 amide bonds. The van der Waals surface area contributed by atoms with E-state index in [4.69, 9.17) is 16.3 Å². The third-order valence-corrected chi connectivity index (χ3v) is 5.84. The van der Waals surface area contributed by atoms with Crippen molar-refractivity contribution in [2.75, 3.05) is 39.3 Å². The van der Waals surface area contributed by atoms with E-state index in [1.807, 2.05) is 20.9 Å². The molecule has 0 unspecified atom stereocenters. The third-order valence-electron chi connectivity index (χ3n) is 4.81. The molecule has 8 heteroatoms. The highest BCUT2D eigenvalue weighted by Gasteiger charge is 2.24. The monoisotopic (exact) mass is 380 g/mol. The summed E-state index contributed by atoms with van der Waals surface area (Å²) in [6.45, 7) is 5.19. The summed E-state index contributed by atoms with van der Waals surface area (Å²) in [6.07, 6.45) is 7.97. The molecule has 0 bridgehead atoms. The smallest absolute Gasteiger partial charge is 0.246 e. The molecule has 2 saturated heterocycles. The second kappa shape index (κ2) is 7.45. The van der Waals surface area contributed by atoms with Crippen LogP contribution < -0.4 is 0 Å². The fourth-order valence-electron chi connectivity index (χ4n) is 3.41. The summed E-state index contributed by atoms with van der Waals surface area (Å²) in [5.74, 6) is 0.0259. The fraction of sp³-hybridized carbons (Fsp3) is 0.529. The van der Waals surface area contributed by atoms with E-state index in [1.165, 1.54) is 17.8 Å². The largest absolute Gasteiger partial charge is 0.377 e. The predicted octanol–water partition coefficient (Wildman–Crippen LogP) is 2.39. The highest BCUT2D eigenvalue weighted by molar-refractivity contribution is 7.15. The van der Waals surface area contributed by atoms with Gasteiger partial charge in [-0.05, 0) is 18.9 Å². The zero-order chi connectivity index (χ0) is 17.2. The minimum absolute atomic E-state index is 0.0259. The molecule has 0 spiro atoms. The Labute approximate surface area is 155 Å². The van der Waals surface area contributed by atoms with Gasteiger partial charge in [0.25, 0.3) is 0 Å². The number of thiazole rings is 1. The molecule has 4 heterocycles. The first-order chi connectivity index (χ1) is 12.2. The highest BCUT2D eigenvalue weighted by atomic mass is 35.5. The van der Waals surface area contributed by atoms with Crippen LogP contribution in [0.5, 0.6) is 0 Å². The van der Waals surface area contributed by atoms with Crippen molar-refractivity contribution in [1.82, 2.24) is 19.2 Å². The van der Waals surface area contributed by atoms with Crippen LogP contribution in [-0.4, -0.2) is 70.5 Å². The fourth-order valence-corrected chi connectivity index (χ4v) is 4.41. The van der Waals surface area contributed by atoms with Crippen LogP contribution >= 0.6 is 22.9 Å². The first kappa shape index (κ1) is 17.0. The maximum Gasteiger partial charge on any atom is 0.246 e. The van der Waals surface area contributed by atoms with E-state index < -0.39 is 0 Å². The summed E-state index contributed by atoms with van der Waals surface area (Å²) >= 11 is 7.68. The summed E-state index contributed by atoms with van der Waals surface area (Å²) < 4.78 is 7.60. The van der Waals surface area contributed by atoms with Gasteiger partial charge >= 0.3 is 0 Å². The van der Waals surface area contributed by atoms with Crippen LogP contribution in [0.25, 0.3) is 11.0 Å². The molecule has 2 fully saturated rings. The van der Waals surface area contributed by atoms with Gasteiger partial charge in [-0.3, -0.25) is 14.1 Å². The highest BCUT2D eigenvalue weighted by Crippen LogP contribution is 2.22. The second-order valence-corrected chi connectivity index (χ2v) is 7.67. The molecular formula is C17H21ClN4O2S. The number of nitrogens with zero attached hydrogens (tertiary/aromatic N) is 4. The number of aromatic nitrogens is 2. The molecule has 0 radical (unpaired) electrons. The molecule has 2 aliphatic heterocycles. The zero-order valence-corrected chi connectivity index (χ0v) is 15.5. The van der Waals surface area contributed by atoms with E-state index in [9.17, 15) is 4.79 Å². The van der Waals surface area contributed by atoms with Crippen molar-refractivity contribution in [3.8, 4) is 0 Å². The zero-order valence-electron chi connectivity index (χ0n) is 13.9. The molecule has 0 aromatic carbocycles. The van der Waals surface area contributed by atoms with Crippen molar-refractivity contribution < 1.29 is 9.53 Å². The molecule has 1 atom stereocenters. The molecule has 2 aliphatic rings. The molecule has 0 saturated carbocycles. The molecule has 2 aromatic heterocycles. The Morgan fingerprint density at radius 3 is 3.00 bits per heavy atom. The summed E-state index contributed by atoms with van der Waals surface area (Å²) in [5, 5.41) is 2.38. The maximum absolute atomic E-state index is 12.5. The number of piperazine rings is 1. The van der Waals surface area contributed by atoms with Crippen LogP contribution in [0.1, 0.15) is 18.5 Å². The lowest BCUT2D eigenvalue weighted by Crippen LogP contribution is -2.50. The predicted molar refractivity (Wildman–Crippen MR) is 99.1 cm³/mol. The van der Waals surface area contributed by atoms with Crippen LogP contribution in [0, 0.1) is 0 Å². The van der Waals surface area contributed by atoms with Crippen LogP contribution in [0.2, 0.25) is 5.15 Å². The average molecular weight is 381 g/mol. The summed E-state index contributed by atoms with van der Waals surface area (Å²) in [6, 6.07) is 0. The van der Waals surface area contributed by atoms with Crippen molar-refractivity contribution >= 4 is 39.9 Å². The van der Waals surface area contributed by atoms with E-state index >= 15 is 0 Å². The topological polar surface area (TPSA) is 50.1 Å². The Bertz CT molecular complexity index is 773. The lowest BCUT2D eigenvalue weighted by molar-refractivity contribution is -0.127. The Morgan fingerprint density at radius 1 is 1.40 bits per heavy atom. The van der Waals surface area contributed by atoms with Crippen molar-refractivity contribution in [3.63, 3.8) is 0 Å². The quantitative estimate of drug-likeness (QED) is 0.764. The van der Waals surface area contributed by atoms with Gasteiger partial charge in [0, 0.05) is 57.0 Å². The lowest BCUT2D eigenvalue weighted by atomic mass is 10.2. The molecular weight excluding hydrogens is 360 g/mol. The molecule has 134 valence electrons. The average Bonchev–Trinajstić information content (AvgIpc) is 3.32. The van der Waals surface area contributed by atoms with Crippen molar-refractivity contribution in [1.29, 1.82) is 0 Å². The van der Waals surface area contributed by atoms with Crippen molar-refractivity contribution in [3.05, 3.63) is 28.5 Å². The van der Waals surface area contributed by atoms with Gasteiger partial charge in [0.2, 0.25) is 5.91 Å². The number of rotatable bonds is 4. The van der Waals surface area contributed by atoms with E-state index in [0.29, 0.717) is 11.3 Å². The Balaban J connectivity index is 1.33. The first-order valence-corrected chi connectivity index (χ1v) is 9.88. The third kappa shape index (κ3) is 3.74. The lowest BCUT2D eigenvalue weighted by Gasteiger charge is -2.35. The van der Waals surface area contributed by atoms with Crippen LogP contribution in [0.3, 0.4) is 0 Å². The molecule has 0 N–H and O–H groups in total. The maximum atomic E-state index is 12.5. The van der Waals surface area contributed by atoms with Gasteiger partial charge in [0.1, 0.15) is 0 Å². The Kier molecular flexibility index (Phi) is 5.08. The van der Waals surface area contributed by atoms with Gasteiger partial charge in [-0.25, -0.2) is 4.98 Å². The van der Waals surface area contributed by atoms with E-state index in [2.05, 4.69) is 9.88 Å². The molecule has 2 aromatic rings. The van der Waals surface area contributed by atoms with E-state index in [-0.39, 0.29) is 5.91 Å². The summed E-state index contributed by atoms with van der Waals surface area (Å²) in [7, 11) is 0. The molecule has 0 aliphatic carbocycles. The second-order valence-electron chi connectivity index (χ2n) is 6.44. The standard InChI is InChI=1S/C17H21ClN4O2S/c18-16-14(22-9-11-25-17(22)19-16)3-4-15(23)21-7-5-20(6-8-21)12-13-2-1-10-24-13/h3-4,9,11,13H,1-2,5-8,10,12H2/b4-3+/t13-/m1/s1. The Morgan fingerprint density at radius 2 is 2.24 bits per heavy atom. The first-order valence-electron chi connectivity index (χ1n) is 8.63. The number of halogens is 1. The van der Waals surface area contributed by atoms with Crippen LogP contribution in [0.4, 0.5) is 0 Å². The number of imidazole rings is 1. The number of hydrogen-bond acceptors (Lipinski definition) is 5. The number of carbonyl (C=O) groups excluding carboxylic acids is 1. The van der Waals surface area contributed by atoms with Crippen LogP contribution in [-0.2, 0) is 9.53 Å². The van der Waals surface area contributed by atoms with Gasteiger partial charge in [-0.1, -0.05) is 11.6 Å². The molecule has 4 rings (SSSR count). The van der Waals surface area contributed by atoms with Crippen molar-refractivity contribution in [2.45, 2.75) is 18.9 Å². The number of carbonyl (C=O) groups is 1. The number of fused-ring (bicyclic) bond motifs is 1. The summed E-state index contributed by atoms with van der Waals surface area (Å²) in [4.78, 5) is 21.8. The van der Waals surface area contributed by atoms with Crippen molar-refractivity contribution in [2.24, 2.45) is 0 Å². The minimum atomic E-state index is 0.0259. The Hall–Kier alpha value is -1.41. The number of amides is 1. The molecule has 6 nitrogen and oxygen atoms in total. The SMILES string of the molecule is O=C(/C=C/c1c(Cl)nc2sccn12)N1CCN(C[C@H]2CCCO2)CC1. The van der Waals surface area contributed by atoms with E-state index in [1.54, 1.807) is 12.2 Å². The van der Waals surface area contributed by atoms with Gasteiger partial charge in [-0.2, -0.15) is 0 Å². The van der Waals surface area contributed by atoms with Gasteiger partial charge in [-0.15, -0.1) is 11.3 Å². The molecule has 25 heavy (non-hydrogen) atoms. The van der Waals surface area contributed by atoms with Gasteiger partial charge < -0.3 is 9.64 Å². The van der Waals surface area contributed by atoms with Gasteiger partial charge in [0.15, 0.2) is 10.1 Å². The van der Waals surface area contributed by atoms with E-state index in [0.717, 1.165) is 56.4 Å². The number of hydrogen-bond donors (Lipinski definition) is 0.